The van der Waals surface area contributed by atoms with Crippen LogP contribution in [-0.4, -0.2) is 31.7 Å². The van der Waals surface area contributed by atoms with Crippen molar-refractivity contribution in [2.45, 2.75) is 129 Å². The average Bonchev–Trinajstić information content (AvgIpc) is 2.59. The summed E-state index contributed by atoms with van der Waals surface area (Å²) in [6.07, 6.45) is 26.0. The monoisotopic (exact) mass is 433 g/mol. The van der Waals surface area contributed by atoms with Crippen molar-refractivity contribution in [1.82, 2.24) is 0 Å². The van der Waals surface area contributed by atoms with E-state index < -0.39 is 0 Å². The number of hydrogen-bond donors (Lipinski definition) is 0. The Kier molecular flexibility index (Phi) is 24.0. The molecule has 0 heterocycles. The molecule has 0 aromatic carbocycles. The highest BCUT2D eigenvalue weighted by Crippen LogP contribution is 2.13. The summed E-state index contributed by atoms with van der Waals surface area (Å²) in [6.45, 7) is 7.36. The SMILES string of the molecule is CCCCCCCCCCCC[N+](C)(C)CCCCCCCCCC.[Br-]. The number of unbranched alkanes of at least 4 members (excludes halogenated alkanes) is 16. The molecule has 160 valence electrons. The second kappa shape index (κ2) is 21.7. The summed E-state index contributed by atoms with van der Waals surface area (Å²) >= 11 is 0. The lowest BCUT2D eigenvalue weighted by molar-refractivity contribution is -0.890. The first-order chi connectivity index (χ1) is 12.1. The number of halogens is 1. The van der Waals surface area contributed by atoms with Crippen LogP contribution in [0.15, 0.2) is 0 Å². The molecule has 0 saturated carbocycles. The molecule has 1 nitrogen and oxygen atoms in total. The highest BCUT2D eigenvalue weighted by Gasteiger charge is 2.13. The Hall–Kier alpha value is 0.440. The third-order valence-electron chi connectivity index (χ3n) is 5.73. The minimum Gasteiger partial charge on any atom is -1.00 e. The minimum atomic E-state index is 0. The summed E-state index contributed by atoms with van der Waals surface area (Å²) in [7, 11) is 4.88. The normalized spacial score (nSPS) is 11.5. The van der Waals surface area contributed by atoms with E-state index in [0.29, 0.717) is 0 Å². The standard InChI is InChI=1S/C24H52N.BrH/c1-5-7-9-11-13-15-16-18-20-22-24-25(3,4)23-21-19-17-14-12-10-8-6-2;/h5-24H2,1-4H3;1H/q+1;/p-1. The van der Waals surface area contributed by atoms with Gasteiger partial charge in [0.2, 0.25) is 0 Å². The van der Waals surface area contributed by atoms with Gasteiger partial charge in [-0.2, -0.15) is 0 Å². The van der Waals surface area contributed by atoms with E-state index >= 15 is 0 Å². The van der Waals surface area contributed by atoms with E-state index in [1.165, 1.54) is 133 Å². The molecule has 0 amide bonds. The zero-order chi connectivity index (χ0) is 18.6. The highest BCUT2D eigenvalue weighted by molar-refractivity contribution is 4.49. The van der Waals surface area contributed by atoms with Crippen LogP contribution in [0.1, 0.15) is 129 Å². The van der Waals surface area contributed by atoms with Gasteiger partial charge in [-0.3, -0.25) is 0 Å². The zero-order valence-corrected chi connectivity index (χ0v) is 20.6. The molecule has 26 heavy (non-hydrogen) atoms. The maximum atomic E-state index is 2.44. The maximum Gasteiger partial charge on any atom is 0.0782 e. The molecular weight excluding hydrogens is 382 g/mol. The Balaban J connectivity index is 0. The van der Waals surface area contributed by atoms with E-state index in [1.807, 2.05) is 0 Å². The average molecular weight is 435 g/mol. The first kappa shape index (κ1) is 28.6. The van der Waals surface area contributed by atoms with Crippen molar-refractivity contribution >= 4 is 0 Å². The predicted molar refractivity (Wildman–Crippen MR) is 116 cm³/mol. The zero-order valence-electron chi connectivity index (χ0n) is 19.0. The summed E-state index contributed by atoms with van der Waals surface area (Å²) in [5.74, 6) is 0. The largest absolute Gasteiger partial charge is 1.00 e. The van der Waals surface area contributed by atoms with E-state index in [0.717, 1.165) is 0 Å². The van der Waals surface area contributed by atoms with Gasteiger partial charge in [0.1, 0.15) is 0 Å². The van der Waals surface area contributed by atoms with Crippen LogP contribution in [0.25, 0.3) is 0 Å². The highest BCUT2D eigenvalue weighted by atomic mass is 79.9. The first-order valence-corrected chi connectivity index (χ1v) is 11.9. The van der Waals surface area contributed by atoms with Crippen molar-refractivity contribution in [3.05, 3.63) is 0 Å². The summed E-state index contributed by atoms with van der Waals surface area (Å²) in [4.78, 5) is 0. The smallest absolute Gasteiger partial charge is 0.0782 e. The summed E-state index contributed by atoms with van der Waals surface area (Å²) in [5.41, 5.74) is 0. The third kappa shape index (κ3) is 22.5. The molecule has 0 saturated heterocycles. The van der Waals surface area contributed by atoms with Gasteiger partial charge < -0.3 is 21.5 Å². The van der Waals surface area contributed by atoms with E-state index in [9.17, 15) is 0 Å². The van der Waals surface area contributed by atoms with Gasteiger partial charge in [0, 0.05) is 0 Å². The number of rotatable bonds is 20. The van der Waals surface area contributed by atoms with Crippen molar-refractivity contribution in [3.63, 3.8) is 0 Å². The third-order valence-corrected chi connectivity index (χ3v) is 5.73. The fourth-order valence-corrected chi connectivity index (χ4v) is 3.81. The van der Waals surface area contributed by atoms with Crippen molar-refractivity contribution in [2.24, 2.45) is 0 Å². The number of quaternary nitrogens is 1. The molecule has 0 spiro atoms. The number of hydrogen-bond acceptors (Lipinski definition) is 0. The van der Waals surface area contributed by atoms with E-state index in [-0.39, 0.29) is 17.0 Å². The van der Waals surface area contributed by atoms with Gasteiger partial charge in [0.15, 0.2) is 0 Å². The van der Waals surface area contributed by atoms with Gasteiger partial charge in [0.05, 0.1) is 27.2 Å². The van der Waals surface area contributed by atoms with Crippen LogP contribution in [0.5, 0.6) is 0 Å². The molecule has 0 atom stereocenters. The molecule has 2 heteroatoms. The van der Waals surface area contributed by atoms with Crippen molar-refractivity contribution < 1.29 is 21.5 Å². The second-order valence-corrected chi connectivity index (χ2v) is 9.04. The van der Waals surface area contributed by atoms with Crippen LogP contribution in [0, 0.1) is 0 Å². The predicted octanol–water partition coefficient (Wildman–Crippen LogP) is 5.13. The lowest BCUT2D eigenvalue weighted by atomic mass is 10.1. The molecule has 0 rings (SSSR count). The van der Waals surface area contributed by atoms with Crippen LogP contribution in [-0.2, 0) is 0 Å². The maximum absolute atomic E-state index is 2.44. The molecule has 0 bridgehead atoms. The van der Waals surface area contributed by atoms with Crippen molar-refractivity contribution in [1.29, 1.82) is 0 Å². The Morgan fingerprint density at radius 2 is 0.615 bits per heavy atom. The van der Waals surface area contributed by atoms with E-state index in [1.54, 1.807) is 0 Å². The molecule has 0 aromatic heterocycles. The molecule has 0 fully saturated rings. The van der Waals surface area contributed by atoms with Gasteiger partial charge in [-0.25, -0.2) is 0 Å². The molecule has 0 aliphatic heterocycles. The van der Waals surface area contributed by atoms with Gasteiger partial charge in [-0.05, 0) is 25.7 Å². The molecule has 0 aliphatic carbocycles. The van der Waals surface area contributed by atoms with Crippen LogP contribution in [0.4, 0.5) is 0 Å². The lowest BCUT2D eigenvalue weighted by Crippen LogP contribution is -3.00. The van der Waals surface area contributed by atoms with E-state index in [2.05, 4.69) is 27.9 Å². The molecule has 0 unspecified atom stereocenters. The fraction of sp³-hybridized carbons (Fsp3) is 1.00. The fourth-order valence-electron chi connectivity index (χ4n) is 3.81. The molecule has 0 radical (unpaired) electrons. The second-order valence-electron chi connectivity index (χ2n) is 9.04. The summed E-state index contributed by atoms with van der Waals surface area (Å²) in [6, 6.07) is 0. The Morgan fingerprint density at radius 3 is 0.885 bits per heavy atom. The quantitative estimate of drug-likeness (QED) is 0.184. The van der Waals surface area contributed by atoms with Crippen LogP contribution >= 0.6 is 0 Å². The van der Waals surface area contributed by atoms with Crippen LogP contribution < -0.4 is 17.0 Å². The Bertz CT molecular complexity index is 253. The Labute approximate surface area is 178 Å². The molecule has 0 aliphatic rings. The summed E-state index contributed by atoms with van der Waals surface area (Å²) in [5, 5.41) is 0. The van der Waals surface area contributed by atoms with Gasteiger partial charge in [-0.1, -0.05) is 104 Å². The van der Waals surface area contributed by atoms with Gasteiger partial charge in [-0.15, -0.1) is 0 Å². The van der Waals surface area contributed by atoms with Crippen molar-refractivity contribution in [2.75, 3.05) is 27.2 Å². The Morgan fingerprint density at radius 1 is 0.385 bits per heavy atom. The van der Waals surface area contributed by atoms with Gasteiger partial charge in [0.25, 0.3) is 0 Å². The minimum absolute atomic E-state index is 0. The van der Waals surface area contributed by atoms with Crippen molar-refractivity contribution in [3.8, 4) is 0 Å². The molecular formula is C24H52BrN. The number of nitrogens with zero attached hydrogens (tertiary/aromatic N) is 1. The molecule has 0 aromatic rings. The lowest BCUT2D eigenvalue weighted by Gasteiger charge is -2.30. The topological polar surface area (TPSA) is 0 Å². The molecule has 0 N–H and O–H groups in total. The van der Waals surface area contributed by atoms with Crippen LogP contribution in [0.2, 0.25) is 0 Å². The van der Waals surface area contributed by atoms with E-state index in [4.69, 9.17) is 0 Å². The first-order valence-electron chi connectivity index (χ1n) is 11.9. The van der Waals surface area contributed by atoms with Gasteiger partial charge >= 0.3 is 0 Å². The van der Waals surface area contributed by atoms with Crippen LogP contribution in [0.3, 0.4) is 0 Å². The summed E-state index contributed by atoms with van der Waals surface area (Å²) < 4.78 is 1.24.